The minimum Gasteiger partial charge on any atom is -0.490 e. The number of aromatic nitrogens is 1. The minimum absolute atomic E-state index is 0.278. The SMILES string of the molecule is CCOc1cccnc1NCc1cccc2c1OCO2. The molecule has 2 heterocycles. The highest BCUT2D eigenvalue weighted by atomic mass is 16.7. The van der Waals surface area contributed by atoms with Gasteiger partial charge in [-0.2, -0.15) is 0 Å². The molecule has 20 heavy (non-hydrogen) atoms. The van der Waals surface area contributed by atoms with Gasteiger partial charge >= 0.3 is 0 Å². The van der Waals surface area contributed by atoms with Crippen LogP contribution >= 0.6 is 0 Å². The smallest absolute Gasteiger partial charge is 0.231 e. The summed E-state index contributed by atoms with van der Waals surface area (Å²) in [7, 11) is 0. The van der Waals surface area contributed by atoms with E-state index in [0.717, 1.165) is 28.6 Å². The molecule has 0 radical (unpaired) electrons. The van der Waals surface area contributed by atoms with E-state index in [9.17, 15) is 0 Å². The van der Waals surface area contributed by atoms with Crippen molar-refractivity contribution in [1.29, 1.82) is 0 Å². The minimum atomic E-state index is 0.278. The summed E-state index contributed by atoms with van der Waals surface area (Å²) in [5.74, 6) is 3.06. The summed E-state index contributed by atoms with van der Waals surface area (Å²) >= 11 is 0. The molecule has 1 aromatic carbocycles. The van der Waals surface area contributed by atoms with Crippen LogP contribution in [0.4, 0.5) is 5.82 Å². The zero-order valence-corrected chi connectivity index (χ0v) is 11.3. The maximum atomic E-state index is 5.54. The van der Waals surface area contributed by atoms with Crippen LogP contribution in [0.15, 0.2) is 36.5 Å². The zero-order chi connectivity index (χ0) is 13.8. The van der Waals surface area contributed by atoms with E-state index in [4.69, 9.17) is 14.2 Å². The molecule has 1 aliphatic rings. The van der Waals surface area contributed by atoms with Crippen molar-refractivity contribution in [3.8, 4) is 17.2 Å². The lowest BCUT2D eigenvalue weighted by atomic mass is 10.2. The molecule has 1 aromatic heterocycles. The van der Waals surface area contributed by atoms with Gasteiger partial charge in [0.1, 0.15) is 0 Å². The lowest BCUT2D eigenvalue weighted by molar-refractivity contribution is 0.173. The number of anilines is 1. The average Bonchev–Trinajstić information content (AvgIpc) is 2.96. The van der Waals surface area contributed by atoms with Crippen molar-refractivity contribution in [2.75, 3.05) is 18.7 Å². The number of ether oxygens (including phenoxy) is 3. The Morgan fingerprint density at radius 3 is 3.10 bits per heavy atom. The quantitative estimate of drug-likeness (QED) is 0.907. The monoisotopic (exact) mass is 272 g/mol. The highest BCUT2D eigenvalue weighted by Gasteiger charge is 2.17. The van der Waals surface area contributed by atoms with E-state index in [2.05, 4.69) is 10.3 Å². The van der Waals surface area contributed by atoms with Gasteiger partial charge in [0.25, 0.3) is 0 Å². The zero-order valence-electron chi connectivity index (χ0n) is 11.3. The van der Waals surface area contributed by atoms with E-state index >= 15 is 0 Å². The Labute approximate surface area is 117 Å². The van der Waals surface area contributed by atoms with Crippen molar-refractivity contribution >= 4 is 5.82 Å². The molecule has 0 saturated heterocycles. The molecule has 1 N–H and O–H groups in total. The molecule has 1 aliphatic heterocycles. The molecule has 104 valence electrons. The van der Waals surface area contributed by atoms with Gasteiger partial charge in [0.2, 0.25) is 6.79 Å². The first kappa shape index (κ1) is 12.6. The van der Waals surface area contributed by atoms with Crippen molar-refractivity contribution in [3.63, 3.8) is 0 Å². The van der Waals surface area contributed by atoms with E-state index in [-0.39, 0.29) is 6.79 Å². The first-order valence-corrected chi connectivity index (χ1v) is 6.57. The van der Waals surface area contributed by atoms with E-state index in [0.29, 0.717) is 13.2 Å². The van der Waals surface area contributed by atoms with E-state index in [1.807, 2.05) is 37.3 Å². The lowest BCUT2D eigenvalue weighted by Gasteiger charge is -2.12. The lowest BCUT2D eigenvalue weighted by Crippen LogP contribution is -2.05. The molecule has 0 atom stereocenters. The van der Waals surface area contributed by atoms with Crippen LogP contribution in [0.5, 0.6) is 17.2 Å². The third-order valence-electron chi connectivity index (χ3n) is 2.99. The fraction of sp³-hybridized carbons (Fsp3) is 0.267. The molecule has 5 heteroatoms. The number of benzene rings is 1. The van der Waals surface area contributed by atoms with Crippen LogP contribution in [-0.2, 0) is 6.54 Å². The number of para-hydroxylation sites is 1. The number of nitrogens with zero attached hydrogens (tertiary/aromatic N) is 1. The van der Waals surface area contributed by atoms with E-state index in [1.165, 1.54) is 0 Å². The van der Waals surface area contributed by atoms with Crippen molar-refractivity contribution < 1.29 is 14.2 Å². The van der Waals surface area contributed by atoms with Crippen molar-refractivity contribution in [1.82, 2.24) is 4.98 Å². The summed E-state index contributed by atoms with van der Waals surface area (Å²) in [4.78, 5) is 4.30. The van der Waals surface area contributed by atoms with Crippen molar-refractivity contribution in [2.24, 2.45) is 0 Å². The van der Waals surface area contributed by atoms with Crippen LogP contribution in [0.1, 0.15) is 12.5 Å². The number of rotatable bonds is 5. The predicted octanol–water partition coefficient (Wildman–Crippen LogP) is 2.82. The molecule has 5 nitrogen and oxygen atoms in total. The number of hydrogen-bond donors (Lipinski definition) is 1. The molecule has 0 spiro atoms. The van der Waals surface area contributed by atoms with Gasteiger partial charge in [-0.05, 0) is 25.1 Å². The molecule has 3 rings (SSSR count). The van der Waals surface area contributed by atoms with Crippen LogP contribution in [0.25, 0.3) is 0 Å². The molecular weight excluding hydrogens is 256 g/mol. The van der Waals surface area contributed by atoms with Crippen LogP contribution in [0.2, 0.25) is 0 Å². The molecule has 2 aromatic rings. The van der Waals surface area contributed by atoms with Gasteiger partial charge in [-0.1, -0.05) is 12.1 Å². The molecule has 0 saturated carbocycles. The molecule has 0 fully saturated rings. The number of pyridine rings is 1. The van der Waals surface area contributed by atoms with Gasteiger partial charge in [-0.15, -0.1) is 0 Å². The van der Waals surface area contributed by atoms with Crippen LogP contribution in [-0.4, -0.2) is 18.4 Å². The topological polar surface area (TPSA) is 52.6 Å². The van der Waals surface area contributed by atoms with Gasteiger partial charge < -0.3 is 19.5 Å². The Bertz CT molecular complexity index is 601. The Hall–Kier alpha value is -2.43. The molecule has 0 bridgehead atoms. The number of nitrogens with one attached hydrogen (secondary N) is 1. The molecular formula is C15H16N2O3. The van der Waals surface area contributed by atoms with Gasteiger partial charge in [0, 0.05) is 18.3 Å². The predicted molar refractivity (Wildman–Crippen MR) is 75.3 cm³/mol. The van der Waals surface area contributed by atoms with Gasteiger partial charge in [-0.3, -0.25) is 0 Å². The standard InChI is InChI=1S/C15H16N2O3/c1-2-18-13-7-4-8-16-15(13)17-9-11-5-3-6-12-14(11)20-10-19-12/h3-8H,2,9-10H2,1H3,(H,16,17). The van der Waals surface area contributed by atoms with Gasteiger partial charge in [0.15, 0.2) is 23.1 Å². The average molecular weight is 272 g/mol. The summed E-state index contributed by atoms with van der Waals surface area (Å²) in [6, 6.07) is 9.61. The summed E-state index contributed by atoms with van der Waals surface area (Å²) in [6.45, 7) is 3.44. The number of fused-ring (bicyclic) bond motifs is 1. The molecule has 0 amide bonds. The van der Waals surface area contributed by atoms with Crippen LogP contribution < -0.4 is 19.5 Å². The summed E-state index contributed by atoms with van der Waals surface area (Å²) in [6.07, 6.45) is 1.74. The van der Waals surface area contributed by atoms with Crippen LogP contribution in [0.3, 0.4) is 0 Å². The van der Waals surface area contributed by atoms with E-state index in [1.54, 1.807) is 6.20 Å². The second-order valence-corrected chi connectivity index (χ2v) is 4.29. The summed E-state index contributed by atoms with van der Waals surface area (Å²) < 4.78 is 16.4. The normalized spacial score (nSPS) is 12.2. The van der Waals surface area contributed by atoms with Gasteiger partial charge in [0.05, 0.1) is 6.61 Å². The highest BCUT2D eigenvalue weighted by Crippen LogP contribution is 2.35. The van der Waals surface area contributed by atoms with Crippen LogP contribution in [0, 0.1) is 0 Å². The highest BCUT2D eigenvalue weighted by molar-refractivity contribution is 5.53. The third-order valence-corrected chi connectivity index (χ3v) is 2.99. The first-order valence-electron chi connectivity index (χ1n) is 6.57. The van der Waals surface area contributed by atoms with E-state index < -0.39 is 0 Å². The van der Waals surface area contributed by atoms with Crippen molar-refractivity contribution in [3.05, 3.63) is 42.1 Å². The Kier molecular flexibility index (Phi) is 3.58. The fourth-order valence-corrected chi connectivity index (χ4v) is 2.10. The third kappa shape index (κ3) is 2.47. The second kappa shape index (κ2) is 5.69. The largest absolute Gasteiger partial charge is 0.490 e. The Morgan fingerprint density at radius 2 is 2.20 bits per heavy atom. The first-order chi connectivity index (χ1) is 9.88. The summed E-state index contributed by atoms with van der Waals surface area (Å²) in [5.41, 5.74) is 1.04. The Morgan fingerprint density at radius 1 is 1.25 bits per heavy atom. The maximum absolute atomic E-state index is 5.54. The number of hydrogen-bond acceptors (Lipinski definition) is 5. The maximum Gasteiger partial charge on any atom is 0.231 e. The summed E-state index contributed by atoms with van der Waals surface area (Å²) in [5, 5.41) is 3.27. The Balaban J connectivity index is 1.76. The van der Waals surface area contributed by atoms with Gasteiger partial charge in [-0.25, -0.2) is 4.98 Å². The molecule has 0 aliphatic carbocycles. The fourth-order valence-electron chi connectivity index (χ4n) is 2.10. The molecule has 0 unspecified atom stereocenters. The van der Waals surface area contributed by atoms with Crippen molar-refractivity contribution in [2.45, 2.75) is 13.5 Å². The second-order valence-electron chi connectivity index (χ2n) is 4.29.